The molecule has 1 N–H and O–H groups in total. The highest BCUT2D eigenvalue weighted by atomic mass is 35.5. The molecule has 1 heterocycles. The van der Waals surface area contributed by atoms with E-state index in [-0.39, 0.29) is 28.0 Å². The number of aryl methyl sites for hydroxylation is 1. The van der Waals surface area contributed by atoms with E-state index in [4.69, 9.17) is 28.3 Å². The molecule has 0 amide bonds. The normalized spacial score (nSPS) is 12.2. The number of benzene rings is 2. The fourth-order valence-corrected chi connectivity index (χ4v) is 4.02. The quantitative estimate of drug-likeness (QED) is 0.470. The SMILES string of the molecule is CC(c1cccc(F)c1)N(C)Cc1c(Cl)cc(Cl)c(=O)n1CCc1ccc(C(=O)O)cc1. The highest BCUT2D eigenvalue weighted by Crippen LogP contribution is 2.25. The Morgan fingerprint density at radius 1 is 1.12 bits per heavy atom. The summed E-state index contributed by atoms with van der Waals surface area (Å²) in [5.41, 5.74) is 2.15. The van der Waals surface area contributed by atoms with Gasteiger partial charge in [-0.25, -0.2) is 9.18 Å². The van der Waals surface area contributed by atoms with E-state index >= 15 is 0 Å². The summed E-state index contributed by atoms with van der Waals surface area (Å²) in [4.78, 5) is 25.8. The second-order valence-electron chi connectivity index (χ2n) is 7.64. The smallest absolute Gasteiger partial charge is 0.335 e. The standard InChI is InChI=1S/C24H23Cl2FN2O3/c1-15(18-4-3-5-19(27)12-18)28(2)14-22-20(25)13-21(26)23(30)29(22)11-10-16-6-8-17(9-7-16)24(31)32/h3-9,12-13,15H,10-11,14H2,1-2H3,(H,31,32). The maximum Gasteiger partial charge on any atom is 0.335 e. The molecule has 0 aliphatic rings. The number of aromatic carboxylic acids is 1. The fourth-order valence-electron chi connectivity index (χ4n) is 3.48. The number of hydrogen-bond donors (Lipinski definition) is 1. The van der Waals surface area contributed by atoms with Crippen molar-refractivity contribution >= 4 is 29.2 Å². The van der Waals surface area contributed by atoms with E-state index in [1.165, 1.54) is 30.3 Å². The van der Waals surface area contributed by atoms with Gasteiger partial charge in [0.15, 0.2) is 0 Å². The van der Waals surface area contributed by atoms with Gasteiger partial charge in [-0.15, -0.1) is 0 Å². The van der Waals surface area contributed by atoms with Gasteiger partial charge in [0.25, 0.3) is 5.56 Å². The number of carbonyl (C=O) groups is 1. The average Bonchev–Trinajstić information content (AvgIpc) is 2.76. The molecule has 0 spiro atoms. The largest absolute Gasteiger partial charge is 0.478 e. The molecule has 0 radical (unpaired) electrons. The third-order valence-electron chi connectivity index (χ3n) is 5.52. The van der Waals surface area contributed by atoms with Crippen molar-refractivity contribution in [2.75, 3.05) is 7.05 Å². The zero-order chi connectivity index (χ0) is 23.4. The first kappa shape index (κ1) is 24.0. The van der Waals surface area contributed by atoms with Gasteiger partial charge in [0.1, 0.15) is 10.8 Å². The predicted octanol–water partition coefficient (Wildman–Crippen LogP) is 5.43. The lowest BCUT2D eigenvalue weighted by molar-refractivity contribution is 0.0697. The first-order valence-corrected chi connectivity index (χ1v) is 10.8. The van der Waals surface area contributed by atoms with E-state index in [0.717, 1.165) is 11.1 Å². The van der Waals surface area contributed by atoms with Crippen LogP contribution in [-0.2, 0) is 19.5 Å². The summed E-state index contributed by atoms with van der Waals surface area (Å²) in [5, 5.41) is 9.44. The average molecular weight is 477 g/mol. The van der Waals surface area contributed by atoms with Crippen LogP contribution in [-0.4, -0.2) is 27.6 Å². The molecule has 1 aromatic heterocycles. The summed E-state index contributed by atoms with van der Waals surface area (Å²) in [7, 11) is 1.87. The molecule has 168 valence electrons. The molecule has 2 aromatic carbocycles. The van der Waals surface area contributed by atoms with Crippen LogP contribution in [0.1, 0.15) is 40.1 Å². The number of rotatable bonds is 8. The van der Waals surface area contributed by atoms with E-state index in [0.29, 0.717) is 30.2 Å². The van der Waals surface area contributed by atoms with E-state index < -0.39 is 5.97 Å². The minimum atomic E-state index is -0.993. The van der Waals surface area contributed by atoms with Crippen LogP contribution < -0.4 is 5.56 Å². The predicted molar refractivity (Wildman–Crippen MR) is 124 cm³/mol. The topological polar surface area (TPSA) is 62.5 Å². The summed E-state index contributed by atoms with van der Waals surface area (Å²) in [6, 6.07) is 14.2. The van der Waals surface area contributed by atoms with Crippen LogP contribution in [0.25, 0.3) is 0 Å². The van der Waals surface area contributed by atoms with Crippen molar-refractivity contribution in [3.63, 3.8) is 0 Å². The lowest BCUT2D eigenvalue weighted by Crippen LogP contribution is -2.30. The summed E-state index contributed by atoms with van der Waals surface area (Å²) < 4.78 is 15.2. The minimum Gasteiger partial charge on any atom is -0.478 e. The second kappa shape index (κ2) is 10.3. The molecule has 32 heavy (non-hydrogen) atoms. The first-order valence-electron chi connectivity index (χ1n) is 10.0. The Bertz CT molecular complexity index is 1180. The van der Waals surface area contributed by atoms with Crippen LogP contribution in [0.15, 0.2) is 59.4 Å². The van der Waals surface area contributed by atoms with Gasteiger partial charge in [0.05, 0.1) is 16.3 Å². The van der Waals surface area contributed by atoms with Gasteiger partial charge < -0.3 is 9.67 Å². The maximum absolute atomic E-state index is 13.6. The van der Waals surface area contributed by atoms with Crippen molar-refractivity contribution in [1.29, 1.82) is 0 Å². The zero-order valence-electron chi connectivity index (χ0n) is 17.7. The van der Waals surface area contributed by atoms with Crippen molar-refractivity contribution in [2.24, 2.45) is 0 Å². The minimum absolute atomic E-state index is 0.0285. The molecule has 1 unspecified atom stereocenters. The Morgan fingerprint density at radius 2 is 1.81 bits per heavy atom. The van der Waals surface area contributed by atoms with Gasteiger partial charge >= 0.3 is 5.97 Å². The molecule has 0 saturated heterocycles. The number of hydrogen-bond acceptors (Lipinski definition) is 3. The van der Waals surface area contributed by atoms with Gasteiger partial charge in [-0.1, -0.05) is 47.5 Å². The van der Waals surface area contributed by atoms with Crippen LogP contribution in [0, 0.1) is 5.82 Å². The van der Waals surface area contributed by atoms with Crippen LogP contribution in [0.4, 0.5) is 4.39 Å². The van der Waals surface area contributed by atoms with Gasteiger partial charge in [-0.05, 0) is 61.9 Å². The van der Waals surface area contributed by atoms with Crippen LogP contribution in [0.5, 0.6) is 0 Å². The van der Waals surface area contributed by atoms with Crippen LogP contribution in [0.2, 0.25) is 10.0 Å². The maximum atomic E-state index is 13.6. The molecular formula is C24H23Cl2FN2O3. The Balaban J connectivity index is 1.85. The molecule has 0 fully saturated rings. The monoisotopic (exact) mass is 476 g/mol. The van der Waals surface area contributed by atoms with Crippen molar-refractivity contribution in [3.8, 4) is 0 Å². The van der Waals surface area contributed by atoms with Gasteiger partial charge in [-0.3, -0.25) is 9.69 Å². The number of nitrogens with zero attached hydrogens (tertiary/aromatic N) is 2. The van der Waals surface area contributed by atoms with E-state index in [1.807, 2.05) is 24.9 Å². The van der Waals surface area contributed by atoms with E-state index in [9.17, 15) is 14.0 Å². The number of carboxylic acids is 1. The molecule has 0 aliphatic carbocycles. The number of carboxylic acid groups (broad SMARTS) is 1. The summed E-state index contributed by atoms with van der Waals surface area (Å²) >= 11 is 12.6. The molecule has 3 rings (SSSR count). The summed E-state index contributed by atoms with van der Waals surface area (Å²) in [5.74, 6) is -1.30. The van der Waals surface area contributed by atoms with Gasteiger partial charge in [0, 0.05) is 19.1 Å². The molecular weight excluding hydrogens is 454 g/mol. The second-order valence-corrected chi connectivity index (χ2v) is 8.46. The Morgan fingerprint density at radius 3 is 2.44 bits per heavy atom. The Kier molecular flexibility index (Phi) is 7.72. The molecule has 0 bridgehead atoms. The first-order chi connectivity index (χ1) is 15.2. The van der Waals surface area contributed by atoms with Crippen molar-refractivity contribution in [2.45, 2.75) is 32.5 Å². The van der Waals surface area contributed by atoms with Crippen LogP contribution in [0.3, 0.4) is 0 Å². The fraction of sp³-hybridized carbons (Fsp3) is 0.250. The molecule has 5 nitrogen and oxygen atoms in total. The number of halogens is 3. The van der Waals surface area contributed by atoms with Crippen molar-refractivity contribution < 1.29 is 14.3 Å². The lowest BCUT2D eigenvalue weighted by Gasteiger charge is -2.27. The Hall–Kier alpha value is -2.67. The highest BCUT2D eigenvalue weighted by molar-refractivity contribution is 6.34. The summed E-state index contributed by atoms with van der Waals surface area (Å²) in [6.45, 7) is 2.62. The number of pyridine rings is 1. The molecule has 0 aliphatic heterocycles. The summed E-state index contributed by atoms with van der Waals surface area (Å²) in [6.07, 6.45) is 0.493. The van der Waals surface area contributed by atoms with E-state index in [2.05, 4.69) is 0 Å². The van der Waals surface area contributed by atoms with E-state index in [1.54, 1.807) is 22.8 Å². The molecule has 0 saturated carbocycles. The molecule has 1 atom stereocenters. The van der Waals surface area contributed by atoms with Gasteiger partial charge in [0.2, 0.25) is 0 Å². The van der Waals surface area contributed by atoms with Crippen molar-refractivity contribution in [3.05, 3.63) is 103 Å². The molecule has 8 heteroatoms. The van der Waals surface area contributed by atoms with Gasteiger partial charge in [-0.2, -0.15) is 0 Å². The third-order valence-corrected chi connectivity index (χ3v) is 6.12. The van der Waals surface area contributed by atoms with Crippen LogP contribution >= 0.6 is 23.2 Å². The molecule has 3 aromatic rings. The Labute approximate surface area is 195 Å². The van der Waals surface area contributed by atoms with Crippen molar-refractivity contribution in [1.82, 2.24) is 9.47 Å². The highest BCUT2D eigenvalue weighted by Gasteiger charge is 2.19. The zero-order valence-corrected chi connectivity index (χ0v) is 19.2. The number of aromatic nitrogens is 1. The lowest BCUT2D eigenvalue weighted by atomic mass is 10.1. The third kappa shape index (κ3) is 5.57.